The van der Waals surface area contributed by atoms with E-state index in [2.05, 4.69) is 52.5 Å². The first kappa shape index (κ1) is 21.9. The fraction of sp³-hybridized carbons (Fsp3) is 0.296. The number of nitrogens with one attached hydrogen (secondary N) is 1. The summed E-state index contributed by atoms with van der Waals surface area (Å²) in [5, 5.41) is 7.85. The lowest BCUT2D eigenvalue weighted by atomic mass is 9.95. The van der Waals surface area contributed by atoms with Gasteiger partial charge >= 0.3 is 0 Å². The Morgan fingerprint density at radius 3 is 2.68 bits per heavy atom. The Bertz CT molecular complexity index is 1290. The molecule has 0 spiro atoms. The number of carbonyl (C=O) groups excluding carboxylic acids is 1. The van der Waals surface area contributed by atoms with Gasteiger partial charge in [-0.25, -0.2) is 9.50 Å². The third-order valence-electron chi connectivity index (χ3n) is 6.49. The number of piperidine rings is 1. The smallest absolute Gasteiger partial charge is 0.223 e. The van der Waals surface area contributed by atoms with Crippen molar-refractivity contribution in [3.63, 3.8) is 0 Å². The first-order valence-corrected chi connectivity index (χ1v) is 11.7. The highest BCUT2D eigenvalue weighted by molar-refractivity contribution is 5.79. The molecule has 1 aliphatic rings. The molecule has 34 heavy (non-hydrogen) atoms. The van der Waals surface area contributed by atoms with Crippen LogP contribution in [0.3, 0.4) is 0 Å². The van der Waals surface area contributed by atoms with Gasteiger partial charge in [0.2, 0.25) is 5.91 Å². The van der Waals surface area contributed by atoms with Gasteiger partial charge in [-0.05, 0) is 43.5 Å². The zero-order valence-electron chi connectivity index (χ0n) is 19.6. The molecule has 5 rings (SSSR count). The first-order chi connectivity index (χ1) is 16.6. The molecule has 1 saturated heterocycles. The number of benzene rings is 2. The molecule has 0 radical (unpaired) electrons. The molecule has 0 bridgehead atoms. The number of hydrogen-bond acceptors (Lipinski definition) is 5. The molecule has 4 aromatic rings. The van der Waals surface area contributed by atoms with Crippen LogP contribution in [0.15, 0.2) is 67.0 Å². The van der Waals surface area contributed by atoms with Crippen LogP contribution in [0.1, 0.15) is 24.0 Å². The maximum atomic E-state index is 12.7. The Balaban J connectivity index is 1.26. The second kappa shape index (κ2) is 9.55. The third-order valence-corrected chi connectivity index (χ3v) is 6.49. The number of fused-ring (bicyclic) bond motifs is 1. The summed E-state index contributed by atoms with van der Waals surface area (Å²) in [7, 11) is 1.66. The number of hydrogen-bond donors (Lipinski definition) is 1. The Morgan fingerprint density at radius 2 is 1.91 bits per heavy atom. The van der Waals surface area contributed by atoms with Crippen molar-refractivity contribution in [2.75, 3.05) is 25.1 Å². The maximum Gasteiger partial charge on any atom is 0.223 e. The van der Waals surface area contributed by atoms with Crippen molar-refractivity contribution in [3.05, 3.63) is 78.1 Å². The van der Waals surface area contributed by atoms with Crippen LogP contribution < -0.4 is 15.0 Å². The molecule has 1 aliphatic heterocycles. The van der Waals surface area contributed by atoms with E-state index in [-0.39, 0.29) is 11.8 Å². The lowest BCUT2D eigenvalue weighted by Crippen LogP contribution is -2.40. The summed E-state index contributed by atoms with van der Waals surface area (Å²) in [4.78, 5) is 19.7. The summed E-state index contributed by atoms with van der Waals surface area (Å²) in [6, 6.07) is 18.2. The molecule has 0 aliphatic carbocycles. The lowest BCUT2D eigenvalue weighted by Gasteiger charge is -2.32. The average Bonchev–Trinajstić information content (AvgIpc) is 3.33. The zero-order valence-corrected chi connectivity index (χ0v) is 19.6. The van der Waals surface area contributed by atoms with Gasteiger partial charge in [0.25, 0.3) is 0 Å². The van der Waals surface area contributed by atoms with Crippen LogP contribution in [0.5, 0.6) is 5.75 Å². The fourth-order valence-electron chi connectivity index (χ4n) is 4.47. The molecule has 7 heteroatoms. The number of ether oxygens (including phenoxy) is 1. The highest BCUT2D eigenvalue weighted by Gasteiger charge is 2.26. The van der Waals surface area contributed by atoms with Crippen molar-refractivity contribution in [2.24, 2.45) is 5.92 Å². The molecule has 0 atom stereocenters. The van der Waals surface area contributed by atoms with Gasteiger partial charge in [0.05, 0.1) is 12.8 Å². The normalized spacial score (nSPS) is 14.4. The quantitative estimate of drug-likeness (QED) is 0.471. The van der Waals surface area contributed by atoms with E-state index in [0.717, 1.165) is 59.8 Å². The van der Waals surface area contributed by atoms with Crippen molar-refractivity contribution in [1.82, 2.24) is 19.9 Å². The van der Waals surface area contributed by atoms with Gasteiger partial charge in [-0.3, -0.25) is 4.79 Å². The van der Waals surface area contributed by atoms with Crippen LogP contribution >= 0.6 is 0 Å². The molecule has 3 heterocycles. The van der Waals surface area contributed by atoms with Crippen molar-refractivity contribution < 1.29 is 9.53 Å². The molecule has 0 saturated carbocycles. The van der Waals surface area contributed by atoms with Crippen LogP contribution in [0, 0.1) is 12.8 Å². The number of nitrogens with zero attached hydrogens (tertiary/aromatic N) is 4. The van der Waals surface area contributed by atoms with E-state index in [1.54, 1.807) is 13.3 Å². The fourth-order valence-corrected chi connectivity index (χ4v) is 4.47. The monoisotopic (exact) mass is 455 g/mol. The van der Waals surface area contributed by atoms with Crippen molar-refractivity contribution >= 4 is 17.2 Å². The van der Waals surface area contributed by atoms with E-state index in [1.807, 2.05) is 35.0 Å². The van der Waals surface area contributed by atoms with Crippen molar-refractivity contribution in [1.29, 1.82) is 0 Å². The summed E-state index contributed by atoms with van der Waals surface area (Å²) in [5.74, 6) is 1.87. The van der Waals surface area contributed by atoms with Gasteiger partial charge in [-0.2, -0.15) is 5.10 Å². The summed E-state index contributed by atoms with van der Waals surface area (Å²) < 4.78 is 7.23. The van der Waals surface area contributed by atoms with Crippen molar-refractivity contribution in [2.45, 2.75) is 26.3 Å². The minimum absolute atomic E-state index is 0.0266. The second-order valence-corrected chi connectivity index (χ2v) is 8.81. The Labute approximate surface area is 199 Å². The average molecular weight is 456 g/mol. The van der Waals surface area contributed by atoms with Crippen LogP contribution in [-0.4, -0.2) is 40.7 Å². The maximum absolute atomic E-state index is 12.7. The molecular weight excluding hydrogens is 426 g/mol. The topological polar surface area (TPSA) is 71.8 Å². The number of aryl methyl sites for hydroxylation is 1. The largest absolute Gasteiger partial charge is 0.497 e. The van der Waals surface area contributed by atoms with E-state index < -0.39 is 0 Å². The van der Waals surface area contributed by atoms with Crippen LogP contribution in [0.25, 0.3) is 16.8 Å². The van der Waals surface area contributed by atoms with E-state index in [0.29, 0.717) is 6.54 Å². The van der Waals surface area contributed by atoms with Crippen LogP contribution in [0.4, 0.5) is 5.82 Å². The minimum atomic E-state index is 0.0266. The SMILES string of the molecule is COc1cccc(-c2cc3c(N4CCC(C(=O)NCc5ccc(C)cc5)CC4)nccn3n2)c1. The molecule has 0 unspecified atom stereocenters. The molecule has 7 nitrogen and oxygen atoms in total. The number of amides is 1. The van der Waals surface area contributed by atoms with Crippen molar-refractivity contribution in [3.8, 4) is 17.0 Å². The summed E-state index contributed by atoms with van der Waals surface area (Å²) in [5.41, 5.74) is 5.18. The summed E-state index contributed by atoms with van der Waals surface area (Å²) in [6.07, 6.45) is 5.26. The minimum Gasteiger partial charge on any atom is -0.497 e. The van der Waals surface area contributed by atoms with Gasteiger partial charge in [0, 0.05) is 43.5 Å². The molecular formula is C27H29N5O2. The van der Waals surface area contributed by atoms with E-state index in [9.17, 15) is 4.79 Å². The van der Waals surface area contributed by atoms with Gasteiger partial charge in [-0.15, -0.1) is 0 Å². The molecule has 1 fully saturated rings. The van der Waals surface area contributed by atoms with Gasteiger partial charge in [0.1, 0.15) is 11.3 Å². The number of carbonyl (C=O) groups is 1. The summed E-state index contributed by atoms with van der Waals surface area (Å²) >= 11 is 0. The van der Waals surface area contributed by atoms with Gasteiger partial charge < -0.3 is 15.0 Å². The van der Waals surface area contributed by atoms with E-state index in [1.165, 1.54) is 5.56 Å². The predicted octanol–water partition coefficient (Wildman–Crippen LogP) is 4.25. The van der Waals surface area contributed by atoms with Gasteiger partial charge in [-0.1, -0.05) is 42.0 Å². The van der Waals surface area contributed by atoms with Gasteiger partial charge in [0.15, 0.2) is 5.82 Å². The first-order valence-electron chi connectivity index (χ1n) is 11.7. The number of rotatable bonds is 6. The second-order valence-electron chi connectivity index (χ2n) is 8.81. The van der Waals surface area contributed by atoms with E-state index in [4.69, 9.17) is 9.84 Å². The Hall–Kier alpha value is -3.87. The summed E-state index contributed by atoms with van der Waals surface area (Å²) in [6.45, 7) is 4.21. The molecule has 1 N–H and O–H groups in total. The zero-order chi connectivity index (χ0) is 23.5. The lowest BCUT2D eigenvalue weighted by molar-refractivity contribution is -0.125. The Kier molecular flexibility index (Phi) is 6.16. The van der Waals surface area contributed by atoms with Crippen LogP contribution in [0.2, 0.25) is 0 Å². The third kappa shape index (κ3) is 4.59. The number of anilines is 1. The van der Waals surface area contributed by atoms with E-state index >= 15 is 0 Å². The number of aromatic nitrogens is 3. The highest BCUT2D eigenvalue weighted by Crippen LogP contribution is 2.29. The number of methoxy groups -OCH3 is 1. The molecule has 1 amide bonds. The predicted molar refractivity (Wildman–Crippen MR) is 133 cm³/mol. The molecule has 174 valence electrons. The molecule has 2 aromatic heterocycles. The Morgan fingerprint density at radius 1 is 1.12 bits per heavy atom. The molecule has 2 aromatic carbocycles. The standard InChI is InChI=1S/C27H29N5O2/c1-19-6-8-20(9-7-19)18-29-27(33)21-10-13-31(14-11-21)26-25-17-24(30-32(25)15-12-28-26)22-4-3-5-23(16-22)34-2/h3-9,12,15-17,21H,10-11,13-14,18H2,1-2H3,(H,29,33). The highest BCUT2D eigenvalue weighted by atomic mass is 16.5. The van der Waals surface area contributed by atoms with Crippen LogP contribution in [-0.2, 0) is 11.3 Å².